The van der Waals surface area contributed by atoms with Crippen molar-refractivity contribution in [2.75, 3.05) is 59.2 Å². The van der Waals surface area contributed by atoms with Crippen molar-refractivity contribution in [1.82, 2.24) is 15.5 Å². The summed E-state index contributed by atoms with van der Waals surface area (Å²) in [5, 5.41) is 6.70. The van der Waals surface area contributed by atoms with E-state index in [1.165, 1.54) is 0 Å². The summed E-state index contributed by atoms with van der Waals surface area (Å²) >= 11 is 0. The number of hydrogen-bond donors (Lipinski definition) is 2. The van der Waals surface area contributed by atoms with Gasteiger partial charge in [0.25, 0.3) is 0 Å². The summed E-state index contributed by atoms with van der Waals surface area (Å²) in [5.74, 6) is 1.73. The van der Waals surface area contributed by atoms with Crippen molar-refractivity contribution in [3.63, 3.8) is 0 Å². The fourth-order valence-electron chi connectivity index (χ4n) is 3.28. The Morgan fingerprint density at radius 2 is 2.00 bits per heavy atom. The van der Waals surface area contributed by atoms with E-state index >= 15 is 0 Å². The number of ether oxygens (including phenoxy) is 3. The van der Waals surface area contributed by atoms with Gasteiger partial charge in [0.05, 0.1) is 19.3 Å². The Bertz CT molecular complexity index is 602. The average molecular weight is 421 g/mol. The number of aliphatic imine (C=N–C) groups is 1. The van der Waals surface area contributed by atoms with Crippen LogP contribution in [0.1, 0.15) is 39.2 Å². The van der Waals surface area contributed by atoms with Gasteiger partial charge in [-0.25, -0.2) is 4.99 Å². The van der Waals surface area contributed by atoms with E-state index in [0.29, 0.717) is 13.2 Å². The highest BCUT2D eigenvalue weighted by Gasteiger charge is 2.15. The Morgan fingerprint density at radius 3 is 2.73 bits per heavy atom. The first-order chi connectivity index (χ1) is 14.8. The number of rotatable bonds is 14. The minimum Gasteiger partial charge on any atom is -0.492 e. The Kier molecular flexibility index (Phi) is 12.3. The van der Waals surface area contributed by atoms with E-state index in [1.54, 1.807) is 0 Å². The molecule has 1 aliphatic heterocycles. The van der Waals surface area contributed by atoms with Crippen LogP contribution in [-0.2, 0) is 16.0 Å². The highest BCUT2D eigenvalue weighted by atomic mass is 16.5. The summed E-state index contributed by atoms with van der Waals surface area (Å²) in [4.78, 5) is 7.10. The van der Waals surface area contributed by atoms with E-state index in [1.807, 2.05) is 18.2 Å². The summed E-state index contributed by atoms with van der Waals surface area (Å²) < 4.78 is 17.2. The van der Waals surface area contributed by atoms with E-state index in [-0.39, 0.29) is 6.10 Å². The third kappa shape index (κ3) is 9.32. The molecule has 1 aliphatic rings. The molecule has 1 fully saturated rings. The summed E-state index contributed by atoms with van der Waals surface area (Å²) in [6, 6.07) is 8.15. The molecular formula is C23H40N4O3. The minimum absolute atomic E-state index is 0.269. The minimum atomic E-state index is 0.269. The Morgan fingerprint density at radius 1 is 1.17 bits per heavy atom. The monoisotopic (exact) mass is 420 g/mol. The molecule has 1 atom stereocenters. The van der Waals surface area contributed by atoms with Gasteiger partial charge < -0.3 is 29.7 Å². The highest BCUT2D eigenvalue weighted by molar-refractivity contribution is 5.79. The average Bonchev–Trinajstić information content (AvgIpc) is 3.29. The maximum Gasteiger partial charge on any atom is 0.191 e. The first kappa shape index (κ1) is 24.4. The molecule has 7 nitrogen and oxygen atoms in total. The SMILES string of the molecule is CCNC(=NCc1ccccc1OCCN(CC)CC)NCCCOC1CCOC1. The van der Waals surface area contributed by atoms with Gasteiger partial charge in [0, 0.05) is 38.4 Å². The molecule has 0 aromatic heterocycles. The van der Waals surface area contributed by atoms with E-state index in [4.69, 9.17) is 19.2 Å². The Hall–Kier alpha value is -1.83. The van der Waals surface area contributed by atoms with Crippen molar-refractivity contribution in [2.45, 2.75) is 46.3 Å². The van der Waals surface area contributed by atoms with Gasteiger partial charge in [0.2, 0.25) is 0 Å². The van der Waals surface area contributed by atoms with Crippen LogP contribution in [0.25, 0.3) is 0 Å². The number of hydrogen-bond acceptors (Lipinski definition) is 5. The largest absolute Gasteiger partial charge is 0.492 e. The number of nitrogens with zero attached hydrogens (tertiary/aromatic N) is 2. The van der Waals surface area contributed by atoms with Crippen molar-refractivity contribution in [3.8, 4) is 5.75 Å². The summed E-state index contributed by atoms with van der Waals surface area (Å²) in [5.41, 5.74) is 1.10. The molecule has 0 saturated carbocycles. The Balaban J connectivity index is 1.78. The fraction of sp³-hybridized carbons (Fsp3) is 0.696. The number of para-hydroxylation sites is 1. The van der Waals surface area contributed by atoms with Crippen LogP contribution in [0.15, 0.2) is 29.3 Å². The highest BCUT2D eigenvalue weighted by Crippen LogP contribution is 2.19. The van der Waals surface area contributed by atoms with E-state index < -0.39 is 0 Å². The topological polar surface area (TPSA) is 67.4 Å². The van der Waals surface area contributed by atoms with Gasteiger partial charge in [-0.15, -0.1) is 0 Å². The van der Waals surface area contributed by atoms with E-state index in [9.17, 15) is 0 Å². The van der Waals surface area contributed by atoms with Crippen LogP contribution in [0.2, 0.25) is 0 Å². The molecule has 0 radical (unpaired) electrons. The van der Waals surface area contributed by atoms with Gasteiger partial charge in [-0.1, -0.05) is 32.0 Å². The van der Waals surface area contributed by atoms with Gasteiger partial charge >= 0.3 is 0 Å². The lowest BCUT2D eigenvalue weighted by Gasteiger charge is -2.19. The number of likely N-dealkylation sites (N-methyl/N-ethyl adjacent to an activating group) is 1. The fourth-order valence-corrected chi connectivity index (χ4v) is 3.28. The molecule has 1 saturated heterocycles. The van der Waals surface area contributed by atoms with E-state index in [2.05, 4.69) is 42.4 Å². The van der Waals surface area contributed by atoms with Crippen molar-refractivity contribution in [3.05, 3.63) is 29.8 Å². The van der Waals surface area contributed by atoms with Crippen molar-refractivity contribution >= 4 is 5.96 Å². The number of guanidine groups is 1. The predicted molar refractivity (Wildman–Crippen MR) is 122 cm³/mol. The van der Waals surface area contributed by atoms with Crippen molar-refractivity contribution in [1.29, 1.82) is 0 Å². The zero-order chi connectivity index (χ0) is 21.4. The number of nitrogens with one attached hydrogen (secondary N) is 2. The normalized spacial score (nSPS) is 16.8. The molecule has 170 valence electrons. The molecule has 7 heteroatoms. The van der Waals surface area contributed by atoms with Gasteiger partial charge in [0.15, 0.2) is 5.96 Å². The molecule has 1 unspecified atom stereocenters. The molecule has 1 aromatic carbocycles. The zero-order valence-electron chi connectivity index (χ0n) is 19.0. The number of benzene rings is 1. The smallest absolute Gasteiger partial charge is 0.191 e. The van der Waals surface area contributed by atoms with Crippen LogP contribution in [0.4, 0.5) is 0 Å². The molecular weight excluding hydrogens is 380 g/mol. The van der Waals surface area contributed by atoms with Gasteiger partial charge in [0.1, 0.15) is 12.4 Å². The lowest BCUT2D eigenvalue weighted by Crippen LogP contribution is -2.38. The van der Waals surface area contributed by atoms with Crippen molar-refractivity contribution in [2.24, 2.45) is 4.99 Å². The van der Waals surface area contributed by atoms with Crippen LogP contribution in [0.5, 0.6) is 5.75 Å². The molecule has 0 spiro atoms. The second-order valence-corrected chi connectivity index (χ2v) is 7.31. The quantitative estimate of drug-likeness (QED) is 0.274. The van der Waals surface area contributed by atoms with Gasteiger partial charge in [-0.3, -0.25) is 0 Å². The van der Waals surface area contributed by atoms with Crippen LogP contribution >= 0.6 is 0 Å². The standard InChI is InChI=1S/C23H40N4O3/c1-4-24-23(25-13-9-15-29-21-12-16-28-19-21)26-18-20-10-7-8-11-22(20)30-17-14-27(5-2)6-3/h7-8,10-11,21H,4-6,9,12-19H2,1-3H3,(H2,24,25,26). The predicted octanol–water partition coefficient (Wildman–Crippen LogP) is 2.66. The lowest BCUT2D eigenvalue weighted by molar-refractivity contribution is 0.0420. The third-order valence-corrected chi connectivity index (χ3v) is 5.14. The van der Waals surface area contributed by atoms with Crippen molar-refractivity contribution < 1.29 is 14.2 Å². The van der Waals surface area contributed by atoms with E-state index in [0.717, 1.165) is 82.7 Å². The van der Waals surface area contributed by atoms with Crippen LogP contribution < -0.4 is 15.4 Å². The van der Waals surface area contributed by atoms with Gasteiger partial charge in [-0.2, -0.15) is 0 Å². The Labute approximate surface area is 182 Å². The van der Waals surface area contributed by atoms with Crippen LogP contribution in [0.3, 0.4) is 0 Å². The maximum absolute atomic E-state index is 6.05. The molecule has 30 heavy (non-hydrogen) atoms. The lowest BCUT2D eigenvalue weighted by atomic mass is 10.2. The van der Waals surface area contributed by atoms with Crippen LogP contribution in [-0.4, -0.2) is 76.1 Å². The van der Waals surface area contributed by atoms with Crippen LogP contribution in [0, 0.1) is 0 Å². The molecule has 0 amide bonds. The summed E-state index contributed by atoms with van der Waals surface area (Å²) in [7, 11) is 0. The maximum atomic E-state index is 6.05. The first-order valence-electron chi connectivity index (χ1n) is 11.4. The second kappa shape index (κ2) is 15.0. The molecule has 2 rings (SSSR count). The molecule has 1 heterocycles. The first-order valence-corrected chi connectivity index (χ1v) is 11.4. The zero-order valence-corrected chi connectivity index (χ0v) is 19.0. The molecule has 1 aromatic rings. The third-order valence-electron chi connectivity index (χ3n) is 5.14. The summed E-state index contributed by atoms with van der Waals surface area (Å²) in [6.07, 6.45) is 2.21. The molecule has 0 aliphatic carbocycles. The second-order valence-electron chi connectivity index (χ2n) is 7.31. The summed E-state index contributed by atoms with van der Waals surface area (Å²) in [6.45, 7) is 14.6. The van der Waals surface area contributed by atoms with Gasteiger partial charge in [-0.05, 0) is 38.9 Å². The molecule has 0 bridgehead atoms. The molecule has 2 N–H and O–H groups in total.